The van der Waals surface area contributed by atoms with Gasteiger partial charge in [-0.3, -0.25) is 4.79 Å². The molecular weight excluding hydrogens is 256 g/mol. The molecular formula is C15H20N2O3. The molecule has 1 amide bonds. The van der Waals surface area contributed by atoms with Crippen LogP contribution >= 0.6 is 0 Å². The third kappa shape index (κ3) is 2.51. The minimum absolute atomic E-state index is 0.0754. The molecule has 2 aliphatic heterocycles. The Morgan fingerprint density at radius 1 is 1.35 bits per heavy atom. The fourth-order valence-electron chi connectivity index (χ4n) is 2.81. The maximum absolute atomic E-state index is 12.4. The lowest BCUT2D eigenvalue weighted by Crippen LogP contribution is -2.59. The standard InChI is InChI=1S/C15H20N2O3/c16-10-15(5-7-19-8-6-15)17-14(18)13-9-11-3-1-2-4-12(11)20-13/h1-4,13H,5-10,16H2,(H,17,18). The molecule has 0 aromatic heterocycles. The van der Waals surface area contributed by atoms with Crippen molar-refractivity contribution in [1.29, 1.82) is 0 Å². The summed E-state index contributed by atoms with van der Waals surface area (Å²) < 4.78 is 11.1. The van der Waals surface area contributed by atoms with E-state index in [1.54, 1.807) is 0 Å². The summed E-state index contributed by atoms with van der Waals surface area (Å²) >= 11 is 0. The van der Waals surface area contributed by atoms with Gasteiger partial charge in [-0.25, -0.2) is 0 Å². The first-order valence-electron chi connectivity index (χ1n) is 7.07. The number of fused-ring (bicyclic) bond motifs is 1. The maximum atomic E-state index is 12.4. The third-order valence-electron chi connectivity index (χ3n) is 4.17. The largest absolute Gasteiger partial charge is 0.480 e. The third-order valence-corrected chi connectivity index (χ3v) is 4.17. The van der Waals surface area contributed by atoms with Gasteiger partial charge in [0.2, 0.25) is 0 Å². The summed E-state index contributed by atoms with van der Waals surface area (Å²) in [6, 6.07) is 7.77. The summed E-state index contributed by atoms with van der Waals surface area (Å²) in [4.78, 5) is 12.4. The van der Waals surface area contributed by atoms with Crippen LogP contribution in [0.3, 0.4) is 0 Å². The Morgan fingerprint density at radius 3 is 2.80 bits per heavy atom. The van der Waals surface area contributed by atoms with Crippen molar-refractivity contribution < 1.29 is 14.3 Å². The molecule has 0 saturated carbocycles. The van der Waals surface area contributed by atoms with Gasteiger partial charge < -0.3 is 20.5 Å². The average molecular weight is 276 g/mol. The molecule has 5 nitrogen and oxygen atoms in total. The fraction of sp³-hybridized carbons (Fsp3) is 0.533. The molecule has 0 spiro atoms. The molecule has 1 aromatic carbocycles. The number of carbonyl (C=O) groups is 1. The van der Waals surface area contributed by atoms with E-state index < -0.39 is 6.10 Å². The molecule has 3 N–H and O–H groups in total. The van der Waals surface area contributed by atoms with Crippen molar-refractivity contribution in [2.24, 2.45) is 5.73 Å². The minimum atomic E-state index is -0.446. The molecule has 0 bridgehead atoms. The SMILES string of the molecule is NCC1(NC(=O)C2Cc3ccccc3O2)CCOCC1. The zero-order chi connectivity index (χ0) is 14.0. The van der Waals surface area contributed by atoms with Crippen LogP contribution in [0.1, 0.15) is 18.4 Å². The molecule has 1 aromatic rings. The number of para-hydroxylation sites is 1. The topological polar surface area (TPSA) is 73.6 Å². The normalized spacial score (nSPS) is 23.8. The quantitative estimate of drug-likeness (QED) is 0.848. The summed E-state index contributed by atoms with van der Waals surface area (Å²) in [6.07, 6.45) is 1.70. The van der Waals surface area contributed by atoms with Crippen LogP contribution in [0.5, 0.6) is 5.75 Å². The first kappa shape index (κ1) is 13.4. The van der Waals surface area contributed by atoms with E-state index >= 15 is 0 Å². The van der Waals surface area contributed by atoms with Crippen LogP contribution < -0.4 is 15.8 Å². The van der Waals surface area contributed by atoms with Gasteiger partial charge in [0.05, 0.1) is 5.54 Å². The number of hydrogen-bond acceptors (Lipinski definition) is 4. The van der Waals surface area contributed by atoms with Crippen LogP contribution in [-0.2, 0) is 16.0 Å². The lowest BCUT2D eigenvalue weighted by Gasteiger charge is -2.37. The Morgan fingerprint density at radius 2 is 2.10 bits per heavy atom. The van der Waals surface area contributed by atoms with Crippen molar-refractivity contribution in [2.75, 3.05) is 19.8 Å². The summed E-state index contributed by atoms with van der Waals surface area (Å²) in [6.45, 7) is 1.72. The molecule has 2 aliphatic rings. The highest BCUT2D eigenvalue weighted by atomic mass is 16.5. The van der Waals surface area contributed by atoms with Crippen LogP contribution in [0.25, 0.3) is 0 Å². The van der Waals surface area contributed by atoms with Crippen LogP contribution in [0.4, 0.5) is 0 Å². The van der Waals surface area contributed by atoms with Crippen LogP contribution in [-0.4, -0.2) is 37.3 Å². The second-order valence-corrected chi connectivity index (χ2v) is 5.50. The number of hydrogen-bond donors (Lipinski definition) is 2. The molecule has 5 heteroatoms. The smallest absolute Gasteiger partial charge is 0.261 e. The molecule has 3 rings (SSSR count). The van der Waals surface area contributed by atoms with E-state index in [-0.39, 0.29) is 11.4 Å². The summed E-state index contributed by atoms with van der Waals surface area (Å²) in [5.74, 6) is 0.731. The van der Waals surface area contributed by atoms with Gasteiger partial charge in [0.25, 0.3) is 5.91 Å². The maximum Gasteiger partial charge on any atom is 0.261 e. The van der Waals surface area contributed by atoms with E-state index in [2.05, 4.69) is 5.32 Å². The second-order valence-electron chi connectivity index (χ2n) is 5.50. The number of ether oxygens (including phenoxy) is 2. The van der Waals surface area contributed by atoms with Crippen molar-refractivity contribution in [1.82, 2.24) is 5.32 Å². The Labute approximate surface area is 118 Å². The zero-order valence-corrected chi connectivity index (χ0v) is 11.4. The molecule has 108 valence electrons. The number of rotatable bonds is 3. The molecule has 20 heavy (non-hydrogen) atoms. The first-order chi connectivity index (χ1) is 9.72. The number of nitrogens with two attached hydrogens (primary N) is 1. The van der Waals surface area contributed by atoms with E-state index in [9.17, 15) is 4.79 Å². The van der Waals surface area contributed by atoms with E-state index in [1.807, 2.05) is 24.3 Å². The van der Waals surface area contributed by atoms with Gasteiger partial charge in [-0.2, -0.15) is 0 Å². The van der Waals surface area contributed by atoms with Crippen molar-refractivity contribution in [3.05, 3.63) is 29.8 Å². The van der Waals surface area contributed by atoms with Gasteiger partial charge in [0.15, 0.2) is 6.10 Å². The highest BCUT2D eigenvalue weighted by Gasteiger charge is 2.37. The molecule has 0 aliphatic carbocycles. The van der Waals surface area contributed by atoms with E-state index in [0.717, 1.165) is 24.2 Å². The highest BCUT2D eigenvalue weighted by Crippen LogP contribution is 2.29. The lowest BCUT2D eigenvalue weighted by atomic mass is 9.89. The molecule has 2 heterocycles. The minimum Gasteiger partial charge on any atom is -0.480 e. The van der Waals surface area contributed by atoms with Crippen LogP contribution in [0, 0.1) is 0 Å². The molecule has 1 saturated heterocycles. The highest BCUT2D eigenvalue weighted by molar-refractivity contribution is 5.83. The number of benzene rings is 1. The van der Waals surface area contributed by atoms with Gasteiger partial charge in [-0.1, -0.05) is 18.2 Å². The number of nitrogens with one attached hydrogen (secondary N) is 1. The van der Waals surface area contributed by atoms with Crippen molar-refractivity contribution in [3.63, 3.8) is 0 Å². The molecule has 0 radical (unpaired) electrons. The van der Waals surface area contributed by atoms with Crippen LogP contribution in [0.2, 0.25) is 0 Å². The van der Waals surface area contributed by atoms with E-state index in [0.29, 0.717) is 26.2 Å². The number of carbonyl (C=O) groups excluding carboxylic acids is 1. The Balaban J connectivity index is 1.66. The lowest BCUT2D eigenvalue weighted by molar-refractivity contribution is -0.130. The van der Waals surface area contributed by atoms with E-state index in [4.69, 9.17) is 15.2 Å². The summed E-state index contributed by atoms with van der Waals surface area (Å²) in [5.41, 5.74) is 6.60. The van der Waals surface area contributed by atoms with Crippen LogP contribution in [0.15, 0.2) is 24.3 Å². The monoisotopic (exact) mass is 276 g/mol. The molecule has 1 unspecified atom stereocenters. The van der Waals surface area contributed by atoms with Gasteiger partial charge in [-0.15, -0.1) is 0 Å². The zero-order valence-electron chi connectivity index (χ0n) is 11.4. The van der Waals surface area contributed by atoms with E-state index in [1.165, 1.54) is 0 Å². The Bertz CT molecular complexity index is 473. The van der Waals surface area contributed by atoms with Gasteiger partial charge >= 0.3 is 0 Å². The fourth-order valence-corrected chi connectivity index (χ4v) is 2.81. The van der Waals surface area contributed by atoms with Crippen molar-refractivity contribution >= 4 is 5.91 Å². The molecule has 1 fully saturated rings. The number of amides is 1. The summed E-state index contributed by atoms with van der Waals surface area (Å²) in [5, 5.41) is 3.09. The Hall–Kier alpha value is -1.59. The average Bonchev–Trinajstić information content (AvgIpc) is 2.92. The van der Waals surface area contributed by atoms with Gasteiger partial charge in [0, 0.05) is 26.2 Å². The molecule has 1 atom stereocenters. The predicted octanol–water partition coefficient (Wildman–Crippen LogP) is 0.614. The Kier molecular flexibility index (Phi) is 3.63. The first-order valence-corrected chi connectivity index (χ1v) is 7.07. The van der Waals surface area contributed by atoms with Gasteiger partial charge in [-0.05, 0) is 24.5 Å². The van der Waals surface area contributed by atoms with Crippen molar-refractivity contribution in [3.8, 4) is 5.75 Å². The predicted molar refractivity (Wildman–Crippen MR) is 74.5 cm³/mol. The summed E-state index contributed by atoms with van der Waals surface area (Å²) in [7, 11) is 0. The second kappa shape index (κ2) is 5.42. The van der Waals surface area contributed by atoms with Gasteiger partial charge in [0.1, 0.15) is 5.75 Å². The van der Waals surface area contributed by atoms with Crippen molar-refractivity contribution in [2.45, 2.75) is 30.9 Å².